The number of carbonyl (C=O) groups excluding carboxylic acids is 2. The van der Waals surface area contributed by atoms with Crippen molar-refractivity contribution in [1.82, 2.24) is 0 Å². The maximum atomic E-state index is 11.3. The number of rotatable bonds is 6. The second-order valence-corrected chi connectivity index (χ2v) is 2.92. The maximum absolute atomic E-state index is 11.3. The van der Waals surface area contributed by atoms with Crippen LogP contribution in [0.3, 0.4) is 0 Å². The van der Waals surface area contributed by atoms with Gasteiger partial charge in [0.1, 0.15) is 5.78 Å². The Morgan fingerprint density at radius 3 is 2.64 bits per heavy atom. The minimum Gasteiger partial charge on any atom is -0.467 e. The molecular weight excluding hydrogens is 180 g/mol. The molecule has 0 saturated heterocycles. The Labute approximate surface area is 82.7 Å². The number of hydrogen-bond donors (Lipinski definition) is 0. The molecule has 74 valence electrons. The summed E-state index contributed by atoms with van der Waals surface area (Å²) in [4.78, 5) is 21.1. The van der Waals surface area contributed by atoms with Gasteiger partial charge in [-0.3, -0.25) is 9.59 Å². The van der Waals surface area contributed by atoms with Crippen LogP contribution in [0, 0.1) is 0 Å². The van der Waals surface area contributed by atoms with Gasteiger partial charge in [0.15, 0.2) is 0 Å². The Morgan fingerprint density at radius 1 is 1.29 bits per heavy atom. The van der Waals surface area contributed by atoms with E-state index in [-0.39, 0.29) is 18.8 Å². The molecule has 0 radical (unpaired) electrons. The van der Waals surface area contributed by atoms with Gasteiger partial charge in [0.2, 0.25) is 0 Å². The molecule has 1 rings (SSSR count). The van der Waals surface area contributed by atoms with Gasteiger partial charge in [0.25, 0.3) is 6.47 Å². The lowest BCUT2D eigenvalue weighted by atomic mass is 10.1. The molecule has 0 spiro atoms. The Morgan fingerprint density at radius 2 is 2.00 bits per heavy atom. The van der Waals surface area contributed by atoms with E-state index in [1.165, 1.54) is 0 Å². The number of benzene rings is 1. The van der Waals surface area contributed by atoms with Crippen LogP contribution in [0.1, 0.15) is 12.0 Å². The zero-order valence-electron chi connectivity index (χ0n) is 7.81. The van der Waals surface area contributed by atoms with Crippen molar-refractivity contribution >= 4 is 12.3 Å². The first-order valence-electron chi connectivity index (χ1n) is 4.44. The molecule has 0 aliphatic rings. The third-order valence-corrected chi connectivity index (χ3v) is 1.81. The van der Waals surface area contributed by atoms with Gasteiger partial charge in [0, 0.05) is 12.8 Å². The predicted octanol–water partition coefficient (Wildman–Crippen LogP) is 1.36. The van der Waals surface area contributed by atoms with Gasteiger partial charge in [-0.05, 0) is 5.56 Å². The van der Waals surface area contributed by atoms with E-state index in [4.69, 9.17) is 0 Å². The molecule has 0 fully saturated rings. The Bertz CT molecular complexity index is 293. The van der Waals surface area contributed by atoms with E-state index in [1.807, 2.05) is 30.3 Å². The number of ketones is 1. The predicted molar refractivity (Wildman–Crippen MR) is 51.8 cm³/mol. The summed E-state index contributed by atoms with van der Waals surface area (Å²) in [6.07, 6.45) is 0.691. The molecule has 0 aromatic heterocycles. The van der Waals surface area contributed by atoms with Crippen LogP contribution in [0.2, 0.25) is 0 Å². The monoisotopic (exact) mass is 192 g/mol. The van der Waals surface area contributed by atoms with Crippen LogP contribution in [0.4, 0.5) is 0 Å². The first-order chi connectivity index (χ1) is 6.83. The van der Waals surface area contributed by atoms with Crippen molar-refractivity contribution in [3.05, 3.63) is 35.9 Å². The van der Waals surface area contributed by atoms with Crippen molar-refractivity contribution < 1.29 is 14.3 Å². The van der Waals surface area contributed by atoms with Crippen molar-refractivity contribution in [2.45, 2.75) is 12.8 Å². The normalized spacial score (nSPS) is 9.43. The van der Waals surface area contributed by atoms with Crippen LogP contribution in [0.25, 0.3) is 0 Å². The summed E-state index contributed by atoms with van der Waals surface area (Å²) in [5, 5.41) is 0. The second-order valence-electron chi connectivity index (χ2n) is 2.92. The van der Waals surface area contributed by atoms with Gasteiger partial charge in [-0.25, -0.2) is 0 Å². The van der Waals surface area contributed by atoms with E-state index in [1.54, 1.807) is 0 Å². The molecule has 0 saturated carbocycles. The Kier molecular flexibility index (Phi) is 4.41. The van der Waals surface area contributed by atoms with E-state index in [0.29, 0.717) is 12.9 Å². The molecule has 0 amide bonds. The third kappa shape index (κ3) is 3.85. The fourth-order valence-electron chi connectivity index (χ4n) is 1.13. The summed E-state index contributed by atoms with van der Waals surface area (Å²) in [6, 6.07) is 9.50. The topological polar surface area (TPSA) is 43.4 Å². The van der Waals surface area contributed by atoms with Crippen LogP contribution >= 0.6 is 0 Å². The average Bonchev–Trinajstić information content (AvgIpc) is 2.20. The van der Waals surface area contributed by atoms with Crippen molar-refractivity contribution in [3.8, 4) is 0 Å². The van der Waals surface area contributed by atoms with Gasteiger partial charge < -0.3 is 4.74 Å². The van der Waals surface area contributed by atoms with Gasteiger partial charge in [-0.15, -0.1) is 0 Å². The average molecular weight is 192 g/mol. The molecule has 0 N–H and O–H groups in total. The number of hydrogen-bond acceptors (Lipinski definition) is 3. The lowest BCUT2D eigenvalue weighted by Crippen LogP contribution is -2.06. The van der Waals surface area contributed by atoms with E-state index < -0.39 is 0 Å². The largest absolute Gasteiger partial charge is 0.467 e. The summed E-state index contributed by atoms with van der Waals surface area (Å²) in [6.45, 7) is 0.533. The first-order valence-corrected chi connectivity index (χ1v) is 4.44. The fraction of sp³-hybridized carbons (Fsp3) is 0.273. The SMILES string of the molecule is O=COCCC(=O)Cc1ccccc1. The standard InChI is InChI=1S/C11H12O3/c12-9-14-7-6-11(13)8-10-4-2-1-3-5-10/h1-5,9H,6-8H2. The molecule has 0 aliphatic heterocycles. The second kappa shape index (κ2) is 5.91. The summed E-state index contributed by atoms with van der Waals surface area (Å²) in [7, 11) is 0. The molecule has 14 heavy (non-hydrogen) atoms. The fourth-order valence-corrected chi connectivity index (χ4v) is 1.13. The highest BCUT2D eigenvalue weighted by molar-refractivity contribution is 5.80. The molecule has 0 atom stereocenters. The van der Waals surface area contributed by atoms with Gasteiger partial charge in [-0.1, -0.05) is 30.3 Å². The molecule has 0 unspecified atom stereocenters. The summed E-state index contributed by atoms with van der Waals surface area (Å²) in [5.74, 6) is 0.0815. The first kappa shape index (κ1) is 10.4. The number of Topliss-reactive ketones (excluding diaryl/α,β-unsaturated/α-hetero) is 1. The maximum Gasteiger partial charge on any atom is 0.293 e. The number of carbonyl (C=O) groups is 2. The minimum absolute atomic E-state index is 0.0815. The third-order valence-electron chi connectivity index (χ3n) is 1.81. The van der Waals surface area contributed by atoms with Crippen molar-refractivity contribution in [1.29, 1.82) is 0 Å². The Hall–Kier alpha value is -1.64. The van der Waals surface area contributed by atoms with Gasteiger partial charge in [-0.2, -0.15) is 0 Å². The number of ether oxygens (including phenoxy) is 1. The van der Waals surface area contributed by atoms with E-state index in [2.05, 4.69) is 4.74 Å². The summed E-state index contributed by atoms with van der Waals surface area (Å²) < 4.78 is 4.44. The van der Waals surface area contributed by atoms with E-state index in [9.17, 15) is 9.59 Å². The highest BCUT2D eigenvalue weighted by Gasteiger charge is 2.02. The smallest absolute Gasteiger partial charge is 0.293 e. The summed E-state index contributed by atoms with van der Waals surface area (Å²) >= 11 is 0. The van der Waals surface area contributed by atoms with Crippen LogP contribution in [-0.4, -0.2) is 18.9 Å². The molecule has 1 aromatic rings. The molecular formula is C11H12O3. The Balaban J connectivity index is 2.31. The molecule has 3 heteroatoms. The molecule has 1 aromatic carbocycles. The van der Waals surface area contributed by atoms with Gasteiger partial charge in [0.05, 0.1) is 6.61 Å². The molecule has 0 aliphatic carbocycles. The highest BCUT2D eigenvalue weighted by Crippen LogP contribution is 2.01. The van der Waals surface area contributed by atoms with E-state index in [0.717, 1.165) is 5.56 Å². The summed E-state index contributed by atoms with van der Waals surface area (Å²) in [5.41, 5.74) is 0.989. The lowest BCUT2D eigenvalue weighted by Gasteiger charge is -1.99. The zero-order valence-corrected chi connectivity index (χ0v) is 7.81. The molecule has 0 heterocycles. The van der Waals surface area contributed by atoms with Crippen LogP contribution in [0.15, 0.2) is 30.3 Å². The zero-order chi connectivity index (χ0) is 10.2. The van der Waals surface area contributed by atoms with Crippen molar-refractivity contribution in [2.75, 3.05) is 6.61 Å². The quantitative estimate of drug-likeness (QED) is 0.505. The van der Waals surface area contributed by atoms with Crippen LogP contribution in [0.5, 0.6) is 0 Å². The van der Waals surface area contributed by atoms with E-state index >= 15 is 0 Å². The molecule has 0 bridgehead atoms. The van der Waals surface area contributed by atoms with Crippen molar-refractivity contribution in [2.24, 2.45) is 0 Å². The highest BCUT2D eigenvalue weighted by atomic mass is 16.5. The van der Waals surface area contributed by atoms with Crippen molar-refractivity contribution in [3.63, 3.8) is 0 Å². The molecule has 3 nitrogen and oxygen atoms in total. The minimum atomic E-state index is 0.0815. The van der Waals surface area contributed by atoms with Crippen LogP contribution in [-0.2, 0) is 20.7 Å². The van der Waals surface area contributed by atoms with Crippen LogP contribution < -0.4 is 0 Å². The van der Waals surface area contributed by atoms with Gasteiger partial charge >= 0.3 is 0 Å². The lowest BCUT2D eigenvalue weighted by molar-refractivity contribution is -0.130.